The van der Waals surface area contributed by atoms with Crippen LogP contribution in [-0.4, -0.2) is 26.9 Å². The fraction of sp³-hybridized carbons (Fsp3) is 0.353. The first kappa shape index (κ1) is 17.5. The molecule has 0 atom stereocenters. The van der Waals surface area contributed by atoms with Crippen molar-refractivity contribution in [3.63, 3.8) is 0 Å². The Labute approximate surface area is 148 Å². The minimum atomic E-state index is -0.373. The molecule has 0 aliphatic carbocycles. The maximum absolute atomic E-state index is 12.5. The molecule has 0 N–H and O–H groups in total. The van der Waals surface area contributed by atoms with Gasteiger partial charge in [0, 0.05) is 30.8 Å². The van der Waals surface area contributed by atoms with Gasteiger partial charge in [-0.1, -0.05) is 0 Å². The van der Waals surface area contributed by atoms with Gasteiger partial charge in [0.1, 0.15) is 6.79 Å². The molecule has 0 bridgehead atoms. The maximum atomic E-state index is 12.5. The van der Waals surface area contributed by atoms with Crippen LogP contribution in [0.2, 0.25) is 0 Å². The van der Waals surface area contributed by atoms with Gasteiger partial charge in [-0.05, 0) is 43.6 Å². The Kier molecular flexibility index (Phi) is 5.12. The van der Waals surface area contributed by atoms with Crippen molar-refractivity contribution in [2.75, 3.05) is 13.4 Å². The summed E-state index contributed by atoms with van der Waals surface area (Å²) >= 11 is 1.35. The molecule has 0 amide bonds. The van der Waals surface area contributed by atoms with Gasteiger partial charge in [-0.15, -0.1) is 0 Å². The first-order valence-electron chi connectivity index (χ1n) is 7.86. The molecule has 0 saturated carbocycles. The molecule has 0 saturated heterocycles. The highest BCUT2D eigenvalue weighted by Gasteiger charge is 2.12. The van der Waals surface area contributed by atoms with Crippen LogP contribution in [0.4, 0.5) is 0 Å². The largest absolute Gasteiger partial charge is 0.356 e. The highest BCUT2D eigenvalue weighted by atomic mass is 32.1. The number of benzene rings is 1. The minimum Gasteiger partial charge on any atom is -0.356 e. The second kappa shape index (κ2) is 7.30. The van der Waals surface area contributed by atoms with Crippen molar-refractivity contribution in [2.24, 2.45) is 7.05 Å². The Bertz CT molecular complexity index is 1020. The summed E-state index contributed by atoms with van der Waals surface area (Å²) < 4.78 is 18.6. The third-order valence-electron chi connectivity index (χ3n) is 3.96. The highest BCUT2D eigenvalue weighted by Crippen LogP contribution is 2.25. The summed E-state index contributed by atoms with van der Waals surface area (Å²) in [4.78, 5) is 24.8. The van der Waals surface area contributed by atoms with Gasteiger partial charge in [-0.2, -0.15) is 4.37 Å². The fourth-order valence-electron chi connectivity index (χ4n) is 2.47. The SMILES string of the molecule is CCOCOCc1nsc2ccc(-n3c(=O)cc(C)n(C)c3=O)cc12. The van der Waals surface area contributed by atoms with E-state index in [2.05, 4.69) is 4.37 Å². The van der Waals surface area contributed by atoms with Gasteiger partial charge in [0.25, 0.3) is 5.56 Å². The van der Waals surface area contributed by atoms with Crippen LogP contribution < -0.4 is 11.2 Å². The third-order valence-corrected chi connectivity index (χ3v) is 4.82. The molecule has 7 nitrogen and oxygen atoms in total. The average Bonchev–Trinajstić information content (AvgIpc) is 2.99. The van der Waals surface area contributed by atoms with E-state index in [1.54, 1.807) is 26.1 Å². The van der Waals surface area contributed by atoms with Crippen molar-refractivity contribution in [3.8, 4) is 5.69 Å². The molecule has 3 aromatic rings. The fourth-order valence-corrected chi connectivity index (χ4v) is 3.24. The molecule has 3 rings (SSSR count). The van der Waals surface area contributed by atoms with Crippen LogP contribution in [0.3, 0.4) is 0 Å². The molecule has 0 fully saturated rings. The Balaban J connectivity index is 2.03. The van der Waals surface area contributed by atoms with Crippen LogP contribution in [0.25, 0.3) is 15.8 Å². The summed E-state index contributed by atoms with van der Waals surface area (Å²) in [5.74, 6) is 0. The predicted molar refractivity (Wildman–Crippen MR) is 96.5 cm³/mol. The van der Waals surface area contributed by atoms with Crippen LogP contribution in [-0.2, 0) is 23.1 Å². The molecular formula is C17H19N3O4S. The first-order valence-corrected chi connectivity index (χ1v) is 8.64. The van der Waals surface area contributed by atoms with E-state index in [9.17, 15) is 9.59 Å². The Hall–Kier alpha value is -2.29. The second-order valence-corrected chi connectivity index (χ2v) is 6.37. The summed E-state index contributed by atoms with van der Waals surface area (Å²) in [7, 11) is 1.64. The summed E-state index contributed by atoms with van der Waals surface area (Å²) in [5.41, 5.74) is 1.18. The normalized spacial score (nSPS) is 11.3. The molecule has 132 valence electrons. The zero-order valence-electron chi connectivity index (χ0n) is 14.3. The van der Waals surface area contributed by atoms with Crippen LogP contribution in [0.15, 0.2) is 33.9 Å². The topological polar surface area (TPSA) is 75.3 Å². The molecule has 0 aliphatic heterocycles. The predicted octanol–water partition coefficient (Wildman–Crippen LogP) is 1.96. The van der Waals surface area contributed by atoms with Crippen LogP contribution in [0.1, 0.15) is 18.3 Å². The molecule has 0 unspecified atom stereocenters. The number of ether oxygens (including phenoxy) is 2. The van der Waals surface area contributed by atoms with E-state index in [-0.39, 0.29) is 18.0 Å². The van der Waals surface area contributed by atoms with E-state index in [0.29, 0.717) is 24.6 Å². The number of fused-ring (bicyclic) bond motifs is 1. The van der Waals surface area contributed by atoms with Crippen molar-refractivity contribution in [2.45, 2.75) is 20.5 Å². The van der Waals surface area contributed by atoms with Gasteiger partial charge in [0.05, 0.1) is 22.7 Å². The highest BCUT2D eigenvalue weighted by molar-refractivity contribution is 7.13. The van der Waals surface area contributed by atoms with Crippen molar-refractivity contribution >= 4 is 21.6 Å². The van der Waals surface area contributed by atoms with Gasteiger partial charge < -0.3 is 14.0 Å². The first-order chi connectivity index (χ1) is 12.0. The average molecular weight is 361 g/mol. The van der Waals surface area contributed by atoms with E-state index < -0.39 is 0 Å². The summed E-state index contributed by atoms with van der Waals surface area (Å²) in [5, 5.41) is 0.869. The van der Waals surface area contributed by atoms with Gasteiger partial charge in [0.2, 0.25) is 0 Å². The standard InChI is InChI=1S/C17H19N3O4S/c1-4-23-10-24-9-14-13-8-12(5-6-15(13)25-18-14)20-16(21)7-11(2)19(3)17(20)22/h5-8H,4,9-10H2,1-3H3. The summed E-state index contributed by atoms with van der Waals surface area (Å²) in [6.45, 7) is 4.72. The van der Waals surface area contributed by atoms with Crippen molar-refractivity contribution in [1.82, 2.24) is 13.5 Å². The minimum absolute atomic E-state index is 0.202. The number of hydrogen-bond donors (Lipinski definition) is 0. The zero-order chi connectivity index (χ0) is 18.0. The quantitative estimate of drug-likeness (QED) is 0.496. The van der Waals surface area contributed by atoms with Crippen LogP contribution in [0, 0.1) is 6.92 Å². The zero-order valence-corrected chi connectivity index (χ0v) is 15.1. The number of rotatable bonds is 6. The smallest absolute Gasteiger partial charge is 0.335 e. The van der Waals surface area contributed by atoms with Gasteiger partial charge >= 0.3 is 5.69 Å². The van der Waals surface area contributed by atoms with Crippen LogP contribution >= 0.6 is 11.5 Å². The summed E-state index contributed by atoms with van der Waals surface area (Å²) in [6.07, 6.45) is 0. The number of aromatic nitrogens is 3. The lowest BCUT2D eigenvalue weighted by atomic mass is 10.2. The number of hydrogen-bond acceptors (Lipinski definition) is 6. The molecule has 25 heavy (non-hydrogen) atoms. The lowest BCUT2D eigenvalue weighted by Crippen LogP contribution is -2.38. The van der Waals surface area contributed by atoms with E-state index in [1.165, 1.54) is 22.2 Å². The van der Waals surface area contributed by atoms with Crippen molar-refractivity contribution in [3.05, 3.63) is 56.5 Å². The van der Waals surface area contributed by atoms with Gasteiger partial charge in [-0.25, -0.2) is 9.36 Å². The summed E-state index contributed by atoms with van der Waals surface area (Å²) in [6, 6.07) is 6.86. The Morgan fingerprint density at radius 2 is 2.00 bits per heavy atom. The van der Waals surface area contributed by atoms with E-state index >= 15 is 0 Å². The lowest BCUT2D eigenvalue weighted by molar-refractivity contribution is -0.0575. The molecule has 8 heteroatoms. The molecule has 2 heterocycles. The second-order valence-electron chi connectivity index (χ2n) is 5.57. The van der Waals surface area contributed by atoms with Gasteiger partial charge in [-0.3, -0.25) is 4.79 Å². The van der Waals surface area contributed by atoms with E-state index in [1.807, 2.05) is 13.0 Å². The molecule has 0 aliphatic rings. The van der Waals surface area contributed by atoms with E-state index in [0.717, 1.165) is 20.3 Å². The molecule has 1 aromatic carbocycles. The lowest BCUT2D eigenvalue weighted by Gasteiger charge is -2.09. The van der Waals surface area contributed by atoms with E-state index in [4.69, 9.17) is 9.47 Å². The van der Waals surface area contributed by atoms with Crippen LogP contribution in [0.5, 0.6) is 0 Å². The number of nitrogens with zero attached hydrogens (tertiary/aromatic N) is 3. The molecule has 2 aromatic heterocycles. The van der Waals surface area contributed by atoms with Crippen molar-refractivity contribution in [1.29, 1.82) is 0 Å². The Morgan fingerprint density at radius 1 is 1.20 bits per heavy atom. The molecule has 0 radical (unpaired) electrons. The molecular weight excluding hydrogens is 342 g/mol. The van der Waals surface area contributed by atoms with Gasteiger partial charge in [0.15, 0.2) is 0 Å². The monoisotopic (exact) mass is 361 g/mol. The Morgan fingerprint density at radius 3 is 2.76 bits per heavy atom. The third kappa shape index (κ3) is 3.41. The van der Waals surface area contributed by atoms with Crippen molar-refractivity contribution < 1.29 is 9.47 Å². The number of aryl methyl sites for hydroxylation is 1. The maximum Gasteiger partial charge on any atom is 0.335 e. The molecule has 0 spiro atoms.